The van der Waals surface area contributed by atoms with Gasteiger partial charge in [0.15, 0.2) is 16.7 Å². The first-order valence-electron chi connectivity index (χ1n) is 10.2. The summed E-state index contributed by atoms with van der Waals surface area (Å²) in [6, 6.07) is 12.3. The van der Waals surface area contributed by atoms with Crippen molar-refractivity contribution in [2.45, 2.75) is 25.3 Å². The quantitative estimate of drug-likeness (QED) is 0.632. The zero-order valence-corrected chi connectivity index (χ0v) is 19.0. The van der Waals surface area contributed by atoms with E-state index < -0.39 is 29.8 Å². The first kappa shape index (κ1) is 23.7. The molecule has 0 fully saturated rings. The minimum atomic E-state index is -4.52. The van der Waals surface area contributed by atoms with Gasteiger partial charge < -0.3 is 14.8 Å². The molecule has 178 valence electrons. The molecule has 0 saturated carbocycles. The van der Waals surface area contributed by atoms with E-state index in [0.29, 0.717) is 22.7 Å². The number of ether oxygens (including phenoxy) is 2. The fraction of sp³-hybridized carbons (Fsp3) is 0.261. The van der Waals surface area contributed by atoms with Crippen LogP contribution in [0.3, 0.4) is 0 Å². The normalized spacial score (nSPS) is 17.2. The van der Waals surface area contributed by atoms with Crippen LogP contribution in [0.1, 0.15) is 18.1 Å². The van der Waals surface area contributed by atoms with Gasteiger partial charge in [-0.3, -0.25) is 14.5 Å². The predicted molar refractivity (Wildman–Crippen MR) is 123 cm³/mol. The first-order valence-corrected chi connectivity index (χ1v) is 11.1. The third kappa shape index (κ3) is 5.36. The third-order valence-corrected chi connectivity index (χ3v) is 5.99. The number of benzene rings is 2. The lowest BCUT2D eigenvalue weighted by molar-refractivity contribution is -0.137. The second-order valence-corrected chi connectivity index (χ2v) is 8.91. The highest BCUT2D eigenvalue weighted by Crippen LogP contribution is 2.35. The molecule has 0 aliphatic carbocycles. The Bertz CT molecular complexity index is 1180. The van der Waals surface area contributed by atoms with Gasteiger partial charge in [0.2, 0.25) is 12.7 Å². The number of alkyl halides is 3. The molecule has 34 heavy (non-hydrogen) atoms. The van der Waals surface area contributed by atoms with E-state index in [1.54, 1.807) is 36.4 Å². The number of fused-ring (bicyclic) bond motifs is 1. The van der Waals surface area contributed by atoms with Crippen LogP contribution in [0.15, 0.2) is 53.2 Å². The van der Waals surface area contributed by atoms with Crippen LogP contribution in [0.25, 0.3) is 6.08 Å². The fourth-order valence-electron chi connectivity index (χ4n) is 3.20. The number of thioether (sulfide) groups is 1. The maximum atomic E-state index is 13.3. The number of rotatable bonds is 5. The topological polar surface area (TPSA) is 80.2 Å². The summed E-state index contributed by atoms with van der Waals surface area (Å²) in [6.45, 7) is 2.04. The van der Waals surface area contributed by atoms with Crippen LogP contribution < -0.4 is 19.7 Å². The molecule has 7 nitrogen and oxygen atoms in total. The van der Waals surface area contributed by atoms with Crippen molar-refractivity contribution in [3.8, 4) is 11.5 Å². The largest absolute Gasteiger partial charge is 0.454 e. The highest BCUT2D eigenvalue weighted by Gasteiger charge is 2.35. The second kappa shape index (κ2) is 9.41. The Kier molecular flexibility index (Phi) is 6.56. The van der Waals surface area contributed by atoms with Crippen molar-refractivity contribution in [1.82, 2.24) is 5.32 Å². The fourth-order valence-corrected chi connectivity index (χ4v) is 4.15. The number of hydrogen-bond donors (Lipinski definition) is 1. The lowest BCUT2D eigenvalue weighted by Gasteiger charge is -2.20. The van der Waals surface area contributed by atoms with Gasteiger partial charge in [-0.15, -0.1) is 0 Å². The molecule has 2 aliphatic rings. The molecule has 0 bridgehead atoms. The number of nitrogens with one attached hydrogen (secondary N) is 1. The maximum Gasteiger partial charge on any atom is 0.405 e. The van der Waals surface area contributed by atoms with Crippen LogP contribution >= 0.6 is 11.8 Å². The standard InChI is InChI=1S/C23H20F3N3O4S/c1-13-3-6-16(7-4-13)29-21(31)17(9-15-5-8-18-19(10-15)33-12-32-18)28-22(29)34-14(2)20(30)27-11-23(24,25)26/h3-10,14H,11-12H2,1-2H3,(H,27,30)/b17-9-. The van der Waals surface area contributed by atoms with Crippen molar-refractivity contribution < 1.29 is 32.2 Å². The summed E-state index contributed by atoms with van der Waals surface area (Å²) in [5.41, 5.74) is 2.28. The van der Waals surface area contributed by atoms with E-state index in [1.165, 1.54) is 11.8 Å². The van der Waals surface area contributed by atoms with Crippen LogP contribution in [0.2, 0.25) is 0 Å². The van der Waals surface area contributed by atoms with E-state index in [1.807, 2.05) is 24.4 Å². The summed E-state index contributed by atoms with van der Waals surface area (Å²) in [4.78, 5) is 31.2. The SMILES string of the molecule is Cc1ccc(N2C(=O)/C(=C/c3ccc4c(c3)OCO4)N=C2SC(C)C(=O)NCC(F)(F)F)cc1. The van der Waals surface area contributed by atoms with Crippen LogP contribution in [0.4, 0.5) is 18.9 Å². The van der Waals surface area contributed by atoms with Gasteiger partial charge in [0, 0.05) is 0 Å². The lowest BCUT2D eigenvalue weighted by Crippen LogP contribution is -2.39. The van der Waals surface area contributed by atoms with Crippen LogP contribution in [0.5, 0.6) is 11.5 Å². The Balaban J connectivity index is 1.61. The van der Waals surface area contributed by atoms with E-state index in [0.717, 1.165) is 17.3 Å². The Morgan fingerprint density at radius 3 is 2.62 bits per heavy atom. The minimum absolute atomic E-state index is 0.114. The molecule has 4 rings (SSSR count). The monoisotopic (exact) mass is 491 g/mol. The lowest BCUT2D eigenvalue weighted by atomic mass is 10.1. The van der Waals surface area contributed by atoms with Gasteiger partial charge in [-0.05, 0) is 49.8 Å². The number of carbonyl (C=O) groups is 2. The van der Waals surface area contributed by atoms with Gasteiger partial charge in [-0.25, -0.2) is 4.99 Å². The van der Waals surface area contributed by atoms with Gasteiger partial charge in [0.25, 0.3) is 5.91 Å². The average molecular weight is 491 g/mol. The van der Waals surface area contributed by atoms with Crippen molar-refractivity contribution in [2.24, 2.45) is 4.99 Å². The van der Waals surface area contributed by atoms with E-state index in [9.17, 15) is 22.8 Å². The number of hydrogen-bond acceptors (Lipinski definition) is 6. The number of halogens is 3. The summed E-state index contributed by atoms with van der Waals surface area (Å²) in [5.74, 6) is -0.0928. The van der Waals surface area contributed by atoms with Crippen molar-refractivity contribution >= 4 is 40.5 Å². The molecule has 0 radical (unpaired) electrons. The summed E-state index contributed by atoms with van der Waals surface area (Å²) < 4.78 is 48.1. The average Bonchev–Trinajstić information content (AvgIpc) is 3.36. The first-order chi connectivity index (χ1) is 16.1. The molecule has 2 aromatic rings. The van der Waals surface area contributed by atoms with E-state index in [-0.39, 0.29) is 17.7 Å². The van der Waals surface area contributed by atoms with E-state index in [4.69, 9.17) is 9.47 Å². The minimum Gasteiger partial charge on any atom is -0.454 e. The summed E-state index contributed by atoms with van der Waals surface area (Å²) in [6.07, 6.45) is -2.94. The molecular weight excluding hydrogens is 471 g/mol. The number of amides is 2. The molecular formula is C23H20F3N3O4S. The smallest absolute Gasteiger partial charge is 0.405 e. The number of nitrogens with zero attached hydrogens (tertiary/aromatic N) is 2. The van der Waals surface area contributed by atoms with Crippen molar-refractivity contribution in [3.63, 3.8) is 0 Å². The Morgan fingerprint density at radius 2 is 1.91 bits per heavy atom. The van der Waals surface area contributed by atoms with Gasteiger partial charge in [-0.2, -0.15) is 13.2 Å². The third-order valence-electron chi connectivity index (χ3n) is 4.94. The summed E-state index contributed by atoms with van der Waals surface area (Å²) in [7, 11) is 0. The van der Waals surface area contributed by atoms with Crippen LogP contribution in [-0.4, -0.2) is 41.7 Å². The molecule has 2 aromatic carbocycles. The number of carbonyl (C=O) groups excluding carboxylic acids is 2. The predicted octanol–water partition coefficient (Wildman–Crippen LogP) is 4.27. The van der Waals surface area contributed by atoms with Gasteiger partial charge in [0.05, 0.1) is 10.9 Å². The number of anilines is 1. The number of amidine groups is 1. The molecule has 2 heterocycles. The molecule has 2 amide bonds. The molecule has 11 heteroatoms. The Labute approximate surface area is 197 Å². The van der Waals surface area contributed by atoms with Gasteiger partial charge in [-0.1, -0.05) is 35.5 Å². The molecule has 0 aromatic heterocycles. The summed E-state index contributed by atoms with van der Waals surface area (Å²) in [5, 5.41) is 1.13. The summed E-state index contributed by atoms with van der Waals surface area (Å²) >= 11 is 0.901. The Morgan fingerprint density at radius 1 is 1.21 bits per heavy atom. The van der Waals surface area contributed by atoms with E-state index in [2.05, 4.69) is 4.99 Å². The van der Waals surface area contributed by atoms with Crippen LogP contribution in [0, 0.1) is 6.92 Å². The molecule has 2 aliphatic heterocycles. The molecule has 1 atom stereocenters. The highest BCUT2D eigenvalue weighted by atomic mass is 32.2. The van der Waals surface area contributed by atoms with Gasteiger partial charge >= 0.3 is 6.18 Å². The maximum absolute atomic E-state index is 13.3. The zero-order valence-electron chi connectivity index (χ0n) is 18.2. The van der Waals surface area contributed by atoms with E-state index >= 15 is 0 Å². The van der Waals surface area contributed by atoms with Crippen molar-refractivity contribution in [3.05, 3.63) is 59.3 Å². The molecule has 0 saturated heterocycles. The Hall–Kier alpha value is -3.47. The second-order valence-electron chi connectivity index (χ2n) is 7.61. The molecule has 0 spiro atoms. The van der Waals surface area contributed by atoms with Crippen molar-refractivity contribution in [1.29, 1.82) is 0 Å². The number of aryl methyl sites for hydroxylation is 1. The van der Waals surface area contributed by atoms with Gasteiger partial charge in [0.1, 0.15) is 12.2 Å². The van der Waals surface area contributed by atoms with Crippen molar-refractivity contribution in [2.75, 3.05) is 18.2 Å². The van der Waals surface area contributed by atoms with Crippen LogP contribution in [-0.2, 0) is 9.59 Å². The number of aliphatic imine (C=N–C) groups is 1. The highest BCUT2D eigenvalue weighted by molar-refractivity contribution is 8.15. The molecule has 1 unspecified atom stereocenters. The zero-order chi connectivity index (χ0) is 24.5. The molecule has 1 N–H and O–H groups in total.